The Kier molecular flexibility index (Phi) is 7.14. The van der Waals surface area contributed by atoms with Gasteiger partial charge < -0.3 is 10.1 Å². The van der Waals surface area contributed by atoms with Crippen LogP contribution in [0.5, 0.6) is 5.75 Å². The first-order chi connectivity index (χ1) is 16.3. The summed E-state index contributed by atoms with van der Waals surface area (Å²) in [4.78, 5) is 12.6. The molecule has 3 aromatic rings. The van der Waals surface area contributed by atoms with Crippen molar-refractivity contribution in [2.45, 2.75) is 49.4 Å². The van der Waals surface area contributed by atoms with E-state index in [1.54, 1.807) is 13.2 Å². The Bertz CT molecular complexity index is 1320. The van der Waals surface area contributed by atoms with E-state index in [1.807, 2.05) is 43.3 Å². The molecule has 1 N–H and O–H groups in total. The van der Waals surface area contributed by atoms with Crippen molar-refractivity contribution in [2.24, 2.45) is 0 Å². The predicted octanol–water partition coefficient (Wildman–Crippen LogP) is 4.72. The maximum absolute atomic E-state index is 14.8. The molecule has 4 rings (SSSR count). The number of carbonyl (C=O) groups is 1. The van der Waals surface area contributed by atoms with Crippen molar-refractivity contribution in [3.8, 4) is 5.75 Å². The zero-order valence-electron chi connectivity index (χ0n) is 19.3. The molecule has 34 heavy (non-hydrogen) atoms. The highest BCUT2D eigenvalue weighted by Crippen LogP contribution is 2.29. The quantitative estimate of drug-likeness (QED) is 0.479. The summed E-state index contributed by atoms with van der Waals surface area (Å²) in [5, 5.41) is 3.23. The van der Waals surface area contributed by atoms with Gasteiger partial charge in [0.2, 0.25) is 0 Å². The van der Waals surface area contributed by atoms with Crippen molar-refractivity contribution in [3.63, 3.8) is 0 Å². The number of hydrogen-bond donors (Lipinski definition) is 1. The maximum atomic E-state index is 14.8. The molecule has 0 amide bonds. The molecular formula is C27H28FNO4S. The molecule has 1 aliphatic heterocycles. The van der Waals surface area contributed by atoms with Gasteiger partial charge in [0.25, 0.3) is 0 Å². The molecule has 0 fully saturated rings. The van der Waals surface area contributed by atoms with E-state index in [-0.39, 0.29) is 40.8 Å². The Morgan fingerprint density at radius 1 is 1.06 bits per heavy atom. The van der Waals surface area contributed by atoms with Crippen LogP contribution in [0.3, 0.4) is 0 Å². The molecule has 0 bridgehead atoms. The summed E-state index contributed by atoms with van der Waals surface area (Å²) in [5.74, 6) is -0.386. The van der Waals surface area contributed by atoms with E-state index < -0.39 is 15.7 Å². The molecule has 1 atom stereocenters. The Hall–Kier alpha value is -3.03. The zero-order chi connectivity index (χ0) is 24.3. The number of halogens is 1. The molecular weight excluding hydrogens is 453 g/mol. The van der Waals surface area contributed by atoms with Crippen LogP contribution in [0.25, 0.3) is 0 Å². The summed E-state index contributed by atoms with van der Waals surface area (Å²) in [6.07, 6.45) is 0.135. The highest BCUT2D eigenvalue weighted by atomic mass is 32.2. The summed E-state index contributed by atoms with van der Waals surface area (Å²) in [7, 11) is -2.14. The van der Waals surface area contributed by atoms with Crippen molar-refractivity contribution >= 4 is 15.6 Å². The molecule has 0 saturated heterocycles. The molecule has 0 aromatic heterocycles. The third-order valence-electron chi connectivity index (χ3n) is 6.23. The third-order valence-corrected chi connectivity index (χ3v) is 7.92. The van der Waals surface area contributed by atoms with Crippen LogP contribution < -0.4 is 10.1 Å². The number of hydrogen-bond acceptors (Lipinski definition) is 5. The fraction of sp³-hybridized carbons (Fsp3) is 0.296. The van der Waals surface area contributed by atoms with E-state index in [0.29, 0.717) is 11.3 Å². The van der Waals surface area contributed by atoms with E-state index in [4.69, 9.17) is 4.74 Å². The number of rotatable bonds is 9. The van der Waals surface area contributed by atoms with Gasteiger partial charge in [-0.2, -0.15) is 0 Å². The second kappa shape index (κ2) is 10.1. The molecule has 0 spiro atoms. The fourth-order valence-electron chi connectivity index (χ4n) is 4.42. The average molecular weight is 482 g/mol. The number of ether oxygens (including phenoxy) is 1. The van der Waals surface area contributed by atoms with Crippen LogP contribution in [-0.4, -0.2) is 21.3 Å². The van der Waals surface area contributed by atoms with Gasteiger partial charge in [-0.3, -0.25) is 4.79 Å². The third kappa shape index (κ3) is 5.37. The lowest BCUT2D eigenvalue weighted by molar-refractivity contribution is -0.118. The Morgan fingerprint density at radius 3 is 2.59 bits per heavy atom. The molecule has 0 radical (unpaired) electrons. The Labute approximate surface area is 199 Å². The van der Waals surface area contributed by atoms with Gasteiger partial charge in [0, 0.05) is 25.9 Å². The minimum Gasteiger partial charge on any atom is -0.496 e. The Balaban J connectivity index is 1.43. The second-order valence-electron chi connectivity index (χ2n) is 8.78. The topological polar surface area (TPSA) is 72.5 Å². The Morgan fingerprint density at radius 2 is 1.82 bits per heavy atom. The van der Waals surface area contributed by atoms with Gasteiger partial charge >= 0.3 is 0 Å². The minimum atomic E-state index is -3.72. The summed E-state index contributed by atoms with van der Waals surface area (Å²) in [6, 6.07) is 16.9. The van der Waals surface area contributed by atoms with Crippen LogP contribution in [0.4, 0.5) is 4.39 Å². The van der Waals surface area contributed by atoms with Gasteiger partial charge in [-0.25, -0.2) is 12.8 Å². The van der Waals surface area contributed by atoms with Crippen molar-refractivity contribution in [1.82, 2.24) is 5.32 Å². The number of sulfone groups is 1. The smallest absolute Gasteiger partial charge is 0.182 e. The lowest BCUT2D eigenvalue weighted by atomic mass is 9.92. The van der Waals surface area contributed by atoms with Gasteiger partial charge in [0.15, 0.2) is 9.84 Å². The van der Waals surface area contributed by atoms with Crippen LogP contribution in [0.2, 0.25) is 0 Å². The molecule has 0 aliphatic carbocycles. The predicted molar refractivity (Wildman–Crippen MR) is 129 cm³/mol. The monoisotopic (exact) mass is 481 g/mol. The maximum Gasteiger partial charge on any atom is 0.182 e. The first-order valence-corrected chi connectivity index (χ1v) is 12.9. The van der Waals surface area contributed by atoms with E-state index in [2.05, 4.69) is 5.32 Å². The number of para-hydroxylation sites is 1. The SMILES string of the molecule is COc1ccccc1C(C)CC(=O)Cc1ccc(S(=O)(=O)Cc2ccc3c(c2)CNC3)cc1F. The van der Waals surface area contributed by atoms with E-state index in [0.717, 1.165) is 30.3 Å². The zero-order valence-corrected chi connectivity index (χ0v) is 20.1. The van der Waals surface area contributed by atoms with Crippen LogP contribution in [0.1, 0.15) is 47.1 Å². The molecule has 0 saturated carbocycles. The van der Waals surface area contributed by atoms with Crippen molar-refractivity contribution in [1.29, 1.82) is 0 Å². The lowest BCUT2D eigenvalue weighted by Gasteiger charge is -2.15. The highest BCUT2D eigenvalue weighted by Gasteiger charge is 2.21. The summed E-state index contributed by atoms with van der Waals surface area (Å²) >= 11 is 0. The molecule has 7 heteroatoms. The summed E-state index contributed by atoms with van der Waals surface area (Å²) in [5.41, 5.74) is 4.05. The van der Waals surface area contributed by atoms with Gasteiger partial charge in [-0.05, 0) is 51.9 Å². The number of benzene rings is 3. The number of carbonyl (C=O) groups excluding carboxylic acids is 1. The number of ketones is 1. The largest absolute Gasteiger partial charge is 0.496 e. The van der Waals surface area contributed by atoms with Crippen LogP contribution in [0, 0.1) is 5.82 Å². The van der Waals surface area contributed by atoms with Gasteiger partial charge in [0.1, 0.15) is 17.3 Å². The number of Topliss-reactive ketones (excluding diaryl/α,β-unsaturated/α-hetero) is 1. The molecule has 3 aromatic carbocycles. The number of nitrogens with one attached hydrogen (secondary N) is 1. The highest BCUT2D eigenvalue weighted by molar-refractivity contribution is 7.90. The van der Waals surface area contributed by atoms with Gasteiger partial charge in [-0.1, -0.05) is 49.4 Å². The standard InChI is InChI=1S/C27H28FNO4S/c1-18(25-5-3-4-6-27(25)33-2)11-23(30)13-20-9-10-24(14-26(20)28)34(31,32)17-19-7-8-21-15-29-16-22(21)12-19/h3-10,12,14,18,29H,11,13,15-17H2,1-2H3. The molecule has 1 unspecified atom stereocenters. The van der Waals surface area contributed by atoms with Gasteiger partial charge in [0.05, 0.1) is 17.8 Å². The molecule has 5 nitrogen and oxygen atoms in total. The minimum absolute atomic E-state index is 0.0813. The summed E-state index contributed by atoms with van der Waals surface area (Å²) < 4.78 is 45.9. The van der Waals surface area contributed by atoms with Crippen molar-refractivity contribution in [2.75, 3.05) is 7.11 Å². The van der Waals surface area contributed by atoms with Crippen LogP contribution in [-0.2, 0) is 39.9 Å². The number of methoxy groups -OCH3 is 1. The normalized spacial score (nSPS) is 14.0. The number of fused-ring (bicyclic) bond motifs is 1. The molecule has 178 valence electrons. The summed E-state index contributed by atoms with van der Waals surface area (Å²) in [6.45, 7) is 3.43. The van der Waals surface area contributed by atoms with E-state index in [1.165, 1.54) is 17.7 Å². The molecule has 1 heterocycles. The van der Waals surface area contributed by atoms with Crippen LogP contribution >= 0.6 is 0 Å². The molecule has 1 aliphatic rings. The van der Waals surface area contributed by atoms with Crippen molar-refractivity contribution < 1.29 is 22.3 Å². The van der Waals surface area contributed by atoms with E-state index >= 15 is 0 Å². The first-order valence-electron chi connectivity index (χ1n) is 11.2. The average Bonchev–Trinajstić information content (AvgIpc) is 3.27. The van der Waals surface area contributed by atoms with E-state index in [9.17, 15) is 17.6 Å². The van der Waals surface area contributed by atoms with Crippen LogP contribution in [0.15, 0.2) is 65.6 Å². The lowest BCUT2D eigenvalue weighted by Crippen LogP contribution is -2.11. The van der Waals surface area contributed by atoms with Gasteiger partial charge in [-0.15, -0.1) is 0 Å². The van der Waals surface area contributed by atoms with Crippen molar-refractivity contribution in [3.05, 3.63) is 94.3 Å². The second-order valence-corrected chi connectivity index (χ2v) is 10.8. The first kappa shape index (κ1) is 24.1. The fourth-order valence-corrected chi connectivity index (χ4v) is 5.76.